The lowest BCUT2D eigenvalue weighted by atomic mass is 9.93. The van der Waals surface area contributed by atoms with Crippen LogP contribution in [0, 0.1) is 18.8 Å². The summed E-state index contributed by atoms with van der Waals surface area (Å²) in [4.78, 5) is 2.21. The number of nitrogens with one attached hydrogen (secondary N) is 1. The molecule has 0 amide bonds. The van der Waals surface area contributed by atoms with Crippen molar-refractivity contribution >= 4 is 26.5 Å². The maximum atomic E-state index is 12.0. The van der Waals surface area contributed by atoms with Crippen LogP contribution in [0.15, 0.2) is 0 Å². The number of aryl methyl sites for hydroxylation is 1. The van der Waals surface area contributed by atoms with Gasteiger partial charge >= 0.3 is 0 Å². The molecule has 0 aromatic carbocycles. The topological polar surface area (TPSA) is 84.4 Å². The molecule has 1 aromatic rings. The largest absolute Gasteiger partial charge is 0.376 e. The van der Waals surface area contributed by atoms with Gasteiger partial charge in [-0.1, -0.05) is 11.3 Å². The second kappa shape index (κ2) is 5.40. The fraction of sp³-hybridized carbons (Fsp3) is 0.846. The average molecular weight is 344 g/mol. The molecule has 0 spiro atoms. The molecule has 3 fully saturated rings. The molecule has 4 rings (SSSR count). The first-order chi connectivity index (χ1) is 10.5. The van der Waals surface area contributed by atoms with E-state index in [2.05, 4.69) is 19.8 Å². The Labute approximate surface area is 134 Å². The Kier molecular flexibility index (Phi) is 3.63. The second-order valence-corrected chi connectivity index (χ2v) is 9.60. The number of nitrogens with zero attached hydrogens (tertiary/aromatic N) is 3. The van der Waals surface area contributed by atoms with Crippen LogP contribution in [0.3, 0.4) is 0 Å². The minimum Gasteiger partial charge on any atom is -0.376 e. The zero-order valence-corrected chi connectivity index (χ0v) is 14.1. The number of hydrogen-bond donors (Lipinski definition) is 1. The SMILES string of the molecule is Cc1nnc(N2C[C@H]3[C@H](CNS(=O)(=O)C4CC4)CO[C@H]3C2)s1. The zero-order chi connectivity index (χ0) is 15.3. The van der Waals surface area contributed by atoms with Crippen LogP contribution in [-0.2, 0) is 14.8 Å². The van der Waals surface area contributed by atoms with Crippen molar-refractivity contribution in [2.75, 3.05) is 31.1 Å². The van der Waals surface area contributed by atoms with E-state index in [9.17, 15) is 8.42 Å². The Morgan fingerprint density at radius 2 is 2.18 bits per heavy atom. The minimum absolute atomic E-state index is 0.157. The Balaban J connectivity index is 1.38. The fourth-order valence-electron chi connectivity index (χ4n) is 3.30. The van der Waals surface area contributed by atoms with E-state index in [-0.39, 0.29) is 17.3 Å². The van der Waals surface area contributed by atoms with Gasteiger partial charge in [-0.3, -0.25) is 0 Å². The molecule has 0 bridgehead atoms. The van der Waals surface area contributed by atoms with Crippen molar-refractivity contribution in [1.29, 1.82) is 0 Å². The van der Waals surface area contributed by atoms with Crippen molar-refractivity contribution < 1.29 is 13.2 Å². The van der Waals surface area contributed by atoms with Crippen molar-refractivity contribution in [2.45, 2.75) is 31.1 Å². The lowest BCUT2D eigenvalue weighted by Gasteiger charge is -2.19. The lowest BCUT2D eigenvalue weighted by molar-refractivity contribution is 0.111. The molecular formula is C13H20N4O3S2. The van der Waals surface area contributed by atoms with Gasteiger partial charge in [0.25, 0.3) is 0 Å². The van der Waals surface area contributed by atoms with Gasteiger partial charge in [0.1, 0.15) is 5.01 Å². The summed E-state index contributed by atoms with van der Waals surface area (Å²) in [5.74, 6) is 0.614. The number of aromatic nitrogens is 2. The second-order valence-electron chi connectivity index (χ2n) is 6.40. The van der Waals surface area contributed by atoms with Crippen LogP contribution in [0.5, 0.6) is 0 Å². The minimum atomic E-state index is -3.11. The molecule has 1 aromatic heterocycles. The molecule has 1 aliphatic carbocycles. The Morgan fingerprint density at radius 1 is 1.36 bits per heavy atom. The molecule has 3 heterocycles. The molecule has 122 valence electrons. The zero-order valence-electron chi connectivity index (χ0n) is 12.4. The summed E-state index contributed by atoms with van der Waals surface area (Å²) in [6.45, 7) is 4.78. The first-order valence-corrected chi connectivity index (χ1v) is 10.0. The molecule has 7 nitrogen and oxygen atoms in total. The standard InChI is InChI=1S/C13H20N4O3S2/c1-8-15-16-13(21-8)17-5-11-9(7-20-12(11)6-17)4-14-22(18,19)10-2-3-10/h9-12,14H,2-7H2,1H3/t9-,11+,12+/m1/s1. The lowest BCUT2D eigenvalue weighted by Crippen LogP contribution is -2.35. The summed E-state index contributed by atoms with van der Waals surface area (Å²) < 4.78 is 32.6. The maximum absolute atomic E-state index is 12.0. The molecule has 22 heavy (non-hydrogen) atoms. The van der Waals surface area contributed by atoms with E-state index in [0.29, 0.717) is 19.1 Å². The first kappa shape index (κ1) is 14.8. The Morgan fingerprint density at radius 3 is 2.86 bits per heavy atom. The van der Waals surface area contributed by atoms with E-state index in [1.807, 2.05) is 6.92 Å². The highest BCUT2D eigenvalue weighted by Crippen LogP contribution is 2.37. The van der Waals surface area contributed by atoms with Crippen molar-refractivity contribution in [3.63, 3.8) is 0 Å². The maximum Gasteiger partial charge on any atom is 0.214 e. The fourth-order valence-corrected chi connectivity index (χ4v) is 5.44. The highest BCUT2D eigenvalue weighted by molar-refractivity contribution is 7.90. The number of fused-ring (bicyclic) bond motifs is 1. The van der Waals surface area contributed by atoms with E-state index in [1.165, 1.54) is 0 Å². The first-order valence-electron chi connectivity index (χ1n) is 7.68. The summed E-state index contributed by atoms with van der Waals surface area (Å²) >= 11 is 1.59. The monoisotopic (exact) mass is 344 g/mol. The molecule has 2 aliphatic heterocycles. The van der Waals surface area contributed by atoms with Crippen LogP contribution in [0.1, 0.15) is 17.8 Å². The van der Waals surface area contributed by atoms with Crippen LogP contribution < -0.4 is 9.62 Å². The van der Waals surface area contributed by atoms with Crippen molar-refractivity contribution in [2.24, 2.45) is 11.8 Å². The summed E-state index contributed by atoms with van der Waals surface area (Å²) in [5, 5.41) is 10.00. The van der Waals surface area contributed by atoms with Gasteiger partial charge in [-0.05, 0) is 19.8 Å². The summed E-state index contributed by atoms with van der Waals surface area (Å²) in [5.41, 5.74) is 0. The summed E-state index contributed by atoms with van der Waals surface area (Å²) in [6.07, 6.45) is 1.78. The third kappa shape index (κ3) is 2.75. The summed E-state index contributed by atoms with van der Waals surface area (Å²) in [7, 11) is -3.11. The van der Waals surface area contributed by atoms with Gasteiger partial charge in [0.05, 0.1) is 18.0 Å². The van der Waals surface area contributed by atoms with Gasteiger partial charge in [0.15, 0.2) is 0 Å². The van der Waals surface area contributed by atoms with Crippen LogP contribution in [-0.4, -0.2) is 56.2 Å². The number of hydrogen-bond acceptors (Lipinski definition) is 7. The van der Waals surface area contributed by atoms with Crippen LogP contribution in [0.25, 0.3) is 0 Å². The molecule has 1 saturated carbocycles. The third-order valence-corrected chi connectivity index (χ3v) is 7.55. The van der Waals surface area contributed by atoms with Crippen molar-refractivity contribution in [3.8, 4) is 0 Å². The molecule has 0 unspecified atom stereocenters. The Bertz CT molecular complexity index is 658. The summed E-state index contributed by atoms with van der Waals surface area (Å²) in [6, 6.07) is 0. The van der Waals surface area contributed by atoms with Gasteiger partial charge < -0.3 is 9.64 Å². The van der Waals surface area contributed by atoms with Gasteiger partial charge in [0, 0.05) is 31.5 Å². The van der Waals surface area contributed by atoms with Gasteiger partial charge in [-0.15, -0.1) is 10.2 Å². The molecule has 2 saturated heterocycles. The van der Waals surface area contributed by atoms with Crippen LogP contribution in [0.4, 0.5) is 5.13 Å². The third-order valence-electron chi connectivity index (χ3n) is 4.73. The number of rotatable bonds is 5. The van der Waals surface area contributed by atoms with Crippen LogP contribution >= 0.6 is 11.3 Å². The molecule has 3 aliphatic rings. The molecule has 1 N–H and O–H groups in total. The normalized spacial score (nSPS) is 31.7. The number of anilines is 1. The molecule has 9 heteroatoms. The number of ether oxygens (including phenoxy) is 1. The van der Waals surface area contributed by atoms with E-state index in [4.69, 9.17) is 4.74 Å². The van der Waals surface area contributed by atoms with Gasteiger partial charge in [-0.2, -0.15) is 0 Å². The van der Waals surface area contributed by atoms with E-state index < -0.39 is 10.0 Å². The van der Waals surface area contributed by atoms with Gasteiger partial charge in [-0.25, -0.2) is 13.1 Å². The molecular weight excluding hydrogens is 324 g/mol. The predicted molar refractivity (Wildman–Crippen MR) is 83.5 cm³/mol. The predicted octanol–water partition coefficient (Wildman–Crippen LogP) is 0.380. The van der Waals surface area contributed by atoms with E-state index in [0.717, 1.165) is 36.1 Å². The van der Waals surface area contributed by atoms with Crippen LogP contribution in [0.2, 0.25) is 0 Å². The molecule has 3 atom stereocenters. The molecule has 0 radical (unpaired) electrons. The van der Waals surface area contributed by atoms with Crippen molar-refractivity contribution in [3.05, 3.63) is 5.01 Å². The van der Waals surface area contributed by atoms with Crippen molar-refractivity contribution in [1.82, 2.24) is 14.9 Å². The van der Waals surface area contributed by atoms with E-state index in [1.54, 1.807) is 11.3 Å². The highest BCUT2D eigenvalue weighted by atomic mass is 32.2. The smallest absolute Gasteiger partial charge is 0.214 e. The van der Waals surface area contributed by atoms with Gasteiger partial charge in [0.2, 0.25) is 15.2 Å². The average Bonchev–Trinajstić information content (AvgIpc) is 2.96. The number of sulfonamides is 1. The highest BCUT2D eigenvalue weighted by Gasteiger charge is 2.45. The van der Waals surface area contributed by atoms with E-state index >= 15 is 0 Å². The quantitative estimate of drug-likeness (QED) is 0.831. The Hall–Kier alpha value is -0.770.